The molecule has 1 aromatic heterocycles. The number of thioether (sulfide) groups is 1. The third kappa shape index (κ3) is 3.75. The number of fused-ring (bicyclic) bond motifs is 1. The molecule has 0 unspecified atom stereocenters. The van der Waals surface area contributed by atoms with Gasteiger partial charge in [0.05, 0.1) is 11.3 Å². The lowest BCUT2D eigenvalue weighted by molar-refractivity contribution is -0.113. The van der Waals surface area contributed by atoms with Crippen molar-refractivity contribution in [2.24, 2.45) is 0 Å². The molecule has 0 saturated carbocycles. The number of hydrogen-bond acceptors (Lipinski definition) is 5. The second kappa shape index (κ2) is 6.17. The van der Waals surface area contributed by atoms with Crippen LogP contribution in [0.15, 0.2) is 0 Å². The Morgan fingerprint density at radius 1 is 1.55 bits per heavy atom. The van der Waals surface area contributed by atoms with E-state index in [1.165, 1.54) is 16.2 Å². The summed E-state index contributed by atoms with van der Waals surface area (Å²) in [4.78, 5) is 13.2. The molecular formula is C14H19N3OS2. The first kappa shape index (κ1) is 15.4. The number of carbonyl (C=O) groups is 1. The van der Waals surface area contributed by atoms with Crippen molar-refractivity contribution in [1.29, 1.82) is 5.26 Å². The van der Waals surface area contributed by atoms with Gasteiger partial charge in [-0.1, -0.05) is 20.8 Å². The van der Waals surface area contributed by atoms with E-state index in [4.69, 9.17) is 0 Å². The standard InChI is InChI=1S/C14H19N3OS2/c1-14(2,3)19-8-12(18)17-13-10(6-15)9-4-5-16-7-11(9)20-13/h16H,4-5,7-8H2,1-3H3,(H,17,18). The van der Waals surface area contributed by atoms with Crippen LogP contribution in [0.2, 0.25) is 0 Å². The second-order valence-electron chi connectivity index (χ2n) is 5.70. The van der Waals surface area contributed by atoms with E-state index in [0.29, 0.717) is 16.3 Å². The fraction of sp³-hybridized carbons (Fsp3) is 0.571. The Morgan fingerprint density at radius 2 is 2.30 bits per heavy atom. The number of nitrogens with one attached hydrogen (secondary N) is 2. The smallest absolute Gasteiger partial charge is 0.235 e. The van der Waals surface area contributed by atoms with E-state index >= 15 is 0 Å². The van der Waals surface area contributed by atoms with Crippen molar-refractivity contribution in [1.82, 2.24) is 5.32 Å². The molecule has 0 fully saturated rings. The van der Waals surface area contributed by atoms with Crippen molar-refractivity contribution in [2.45, 2.75) is 38.5 Å². The lowest BCUT2D eigenvalue weighted by atomic mass is 10.1. The molecule has 1 aliphatic rings. The van der Waals surface area contributed by atoms with E-state index in [9.17, 15) is 10.1 Å². The molecule has 6 heteroatoms. The average Bonchev–Trinajstić information content (AvgIpc) is 2.72. The highest BCUT2D eigenvalue weighted by molar-refractivity contribution is 8.01. The topological polar surface area (TPSA) is 64.9 Å². The van der Waals surface area contributed by atoms with Crippen molar-refractivity contribution in [3.05, 3.63) is 16.0 Å². The summed E-state index contributed by atoms with van der Waals surface area (Å²) in [6, 6.07) is 2.24. The minimum atomic E-state index is -0.0343. The van der Waals surface area contributed by atoms with Crippen LogP contribution >= 0.6 is 23.1 Å². The van der Waals surface area contributed by atoms with Gasteiger partial charge in [-0.3, -0.25) is 4.79 Å². The monoisotopic (exact) mass is 309 g/mol. The minimum absolute atomic E-state index is 0.0343. The van der Waals surface area contributed by atoms with Crippen LogP contribution in [-0.2, 0) is 17.8 Å². The molecular weight excluding hydrogens is 290 g/mol. The Hall–Kier alpha value is -1.03. The molecule has 0 aliphatic carbocycles. The Labute approximate surface area is 127 Å². The predicted molar refractivity (Wildman–Crippen MR) is 85.3 cm³/mol. The molecule has 0 spiro atoms. The van der Waals surface area contributed by atoms with Gasteiger partial charge < -0.3 is 10.6 Å². The maximum Gasteiger partial charge on any atom is 0.235 e. The van der Waals surface area contributed by atoms with Crippen molar-refractivity contribution in [3.63, 3.8) is 0 Å². The summed E-state index contributed by atoms with van der Waals surface area (Å²) in [5.74, 6) is 0.378. The quantitative estimate of drug-likeness (QED) is 0.901. The number of carbonyl (C=O) groups excluding carboxylic acids is 1. The summed E-state index contributed by atoms with van der Waals surface area (Å²) in [7, 11) is 0. The largest absolute Gasteiger partial charge is 0.316 e. The van der Waals surface area contributed by atoms with Crippen LogP contribution in [-0.4, -0.2) is 23.0 Å². The highest BCUT2D eigenvalue weighted by Crippen LogP contribution is 2.35. The molecule has 1 amide bonds. The number of nitrogens with zero attached hydrogens (tertiary/aromatic N) is 1. The summed E-state index contributed by atoms with van der Waals surface area (Å²) in [6.07, 6.45) is 0.862. The van der Waals surface area contributed by atoms with Gasteiger partial charge in [0.1, 0.15) is 11.1 Å². The first-order chi connectivity index (χ1) is 9.40. The summed E-state index contributed by atoms with van der Waals surface area (Å²) < 4.78 is 0.0635. The van der Waals surface area contributed by atoms with E-state index in [-0.39, 0.29) is 10.7 Å². The van der Waals surface area contributed by atoms with Gasteiger partial charge in [-0.2, -0.15) is 5.26 Å². The minimum Gasteiger partial charge on any atom is -0.316 e. The summed E-state index contributed by atoms with van der Waals surface area (Å²) in [6.45, 7) is 7.94. The number of thiophene rings is 1. The predicted octanol–water partition coefficient (Wildman–Crippen LogP) is 2.74. The van der Waals surface area contributed by atoms with E-state index in [1.54, 1.807) is 11.8 Å². The van der Waals surface area contributed by atoms with Gasteiger partial charge in [-0.15, -0.1) is 23.1 Å². The number of rotatable bonds is 3. The number of nitriles is 1. The summed E-state index contributed by atoms with van der Waals surface area (Å²) in [5, 5.41) is 16.2. The maximum absolute atomic E-state index is 12.0. The van der Waals surface area contributed by atoms with Crippen LogP contribution in [0.1, 0.15) is 36.8 Å². The molecule has 4 nitrogen and oxygen atoms in total. The summed E-state index contributed by atoms with van der Waals surface area (Å²) in [5.41, 5.74) is 1.76. The van der Waals surface area contributed by atoms with E-state index in [1.807, 2.05) is 0 Å². The van der Waals surface area contributed by atoms with Crippen molar-refractivity contribution < 1.29 is 4.79 Å². The molecule has 2 N–H and O–H groups in total. The Kier molecular flexibility index (Phi) is 4.74. The molecule has 2 rings (SSSR count). The first-order valence-electron chi connectivity index (χ1n) is 6.60. The van der Waals surface area contributed by atoms with E-state index in [0.717, 1.165) is 25.1 Å². The maximum atomic E-state index is 12.0. The number of amides is 1. The Balaban J connectivity index is 2.08. The molecule has 0 atom stereocenters. The zero-order valence-electron chi connectivity index (χ0n) is 12.0. The van der Waals surface area contributed by atoms with E-state index in [2.05, 4.69) is 37.5 Å². The van der Waals surface area contributed by atoms with Crippen LogP contribution in [0.3, 0.4) is 0 Å². The van der Waals surface area contributed by atoms with Gasteiger partial charge in [-0.25, -0.2) is 0 Å². The molecule has 0 radical (unpaired) electrons. The van der Waals surface area contributed by atoms with Gasteiger partial charge in [0.2, 0.25) is 5.91 Å². The third-order valence-corrected chi connectivity index (χ3v) is 5.35. The van der Waals surface area contributed by atoms with Gasteiger partial charge in [-0.05, 0) is 18.5 Å². The van der Waals surface area contributed by atoms with Crippen LogP contribution in [0, 0.1) is 11.3 Å². The van der Waals surface area contributed by atoms with E-state index < -0.39 is 0 Å². The van der Waals surface area contributed by atoms with Crippen LogP contribution in [0.5, 0.6) is 0 Å². The average molecular weight is 309 g/mol. The number of hydrogen-bond donors (Lipinski definition) is 2. The highest BCUT2D eigenvalue weighted by atomic mass is 32.2. The Morgan fingerprint density at radius 3 is 2.95 bits per heavy atom. The van der Waals surface area contributed by atoms with Gasteiger partial charge >= 0.3 is 0 Å². The van der Waals surface area contributed by atoms with Gasteiger partial charge in [0, 0.05) is 16.2 Å². The SMILES string of the molecule is CC(C)(C)SCC(=O)Nc1sc2c(c1C#N)CCNC2. The van der Waals surface area contributed by atoms with Crippen molar-refractivity contribution in [3.8, 4) is 6.07 Å². The lowest BCUT2D eigenvalue weighted by Gasteiger charge is -2.16. The molecule has 0 aromatic carbocycles. The first-order valence-corrected chi connectivity index (χ1v) is 8.40. The third-order valence-electron chi connectivity index (χ3n) is 2.93. The summed E-state index contributed by atoms with van der Waals surface area (Å²) >= 11 is 3.13. The zero-order chi connectivity index (χ0) is 14.8. The molecule has 2 heterocycles. The van der Waals surface area contributed by atoms with Crippen LogP contribution in [0.25, 0.3) is 0 Å². The zero-order valence-corrected chi connectivity index (χ0v) is 13.6. The highest BCUT2D eigenvalue weighted by Gasteiger charge is 2.22. The van der Waals surface area contributed by atoms with Gasteiger partial charge in [0.15, 0.2) is 0 Å². The molecule has 1 aromatic rings. The normalized spacial score (nSPS) is 14.5. The Bertz CT molecular complexity index is 552. The van der Waals surface area contributed by atoms with Crippen molar-refractivity contribution >= 4 is 34.0 Å². The molecule has 0 saturated heterocycles. The fourth-order valence-corrected chi connectivity index (χ4v) is 3.81. The number of anilines is 1. The van der Waals surface area contributed by atoms with Crippen LogP contribution in [0.4, 0.5) is 5.00 Å². The van der Waals surface area contributed by atoms with Crippen molar-refractivity contribution in [2.75, 3.05) is 17.6 Å². The molecule has 108 valence electrons. The molecule has 20 heavy (non-hydrogen) atoms. The van der Waals surface area contributed by atoms with Crippen LogP contribution < -0.4 is 10.6 Å². The fourth-order valence-electron chi connectivity index (χ4n) is 1.99. The lowest BCUT2D eigenvalue weighted by Crippen LogP contribution is -2.22. The molecule has 1 aliphatic heterocycles. The second-order valence-corrected chi connectivity index (χ2v) is 8.60. The van der Waals surface area contributed by atoms with Gasteiger partial charge in [0.25, 0.3) is 0 Å². The molecule has 0 bridgehead atoms.